The molecule has 0 spiro atoms. The lowest BCUT2D eigenvalue weighted by molar-refractivity contribution is -0.122. The van der Waals surface area contributed by atoms with Crippen molar-refractivity contribution >= 4 is 17.7 Å². The first-order valence-electron chi connectivity index (χ1n) is 10.4. The van der Waals surface area contributed by atoms with Crippen molar-refractivity contribution in [2.45, 2.75) is 64.7 Å². The highest BCUT2D eigenvalue weighted by Crippen LogP contribution is 2.30. The van der Waals surface area contributed by atoms with Crippen LogP contribution in [-0.2, 0) is 22.4 Å². The Morgan fingerprint density at radius 1 is 1.20 bits per heavy atom. The predicted octanol–water partition coefficient (Wildman–Crippen LogP) is 4.47. The molecule has 3 rings (SSSR count). The Hall–Kier alpha value is -3.02. The van der Waals surface area contributed by atoms with E-state index in [0.717, 1.165) is 18.4 Å². The molecule has 30 heavy (non-hydrogen) atoms. The summed E-state index contributed by atoms with van der Waals surface area (Å²) in [5.74, 6) is 0.498. The number of benzene rings is 2. The van der Waals surface area contributed by atoms with Crippen LogP contribution in [0.1, 0.15) is 45.2 Å². The molecule has 2 N–H and O–H groups in total. The zero-order valence-electron chi connectivity index (χ0n) is 18.0. The molecule has 1 aliphatic rings. The number of amides is 2. The fourth-order valence-corrected chi connectivity index (χ4v) is 3.41. The zero-order chi connectivity index (χ0) is 21.7. The smallest absolute Gasteiger partial charge is 0.407 e. The van der Waals surface area contributed by atoms with Gasteiger partial charge in [0, 0.05) is 6.04 Å². The minimum Gasteiger partial charge on any atom is -0.479 e. The second kappa shape index (κ2) is 9.20. The highest BCUT2D eigenvalue weighted by Gasteiger charge is 2.25. The van der Waals surface area contributed by atoms with Crippen molar-refractivity contribution in [3.63, 3.8) is 0 Å². The van der Waals surface area contributed by atoms with Gasteiger partial charge in [0.25, 0.3) is 5.91 Å². The van der Waals surface area contributed by atoms with Gasteiger partial charge in [-0.2, -0.15) is 0 Å². The van der Waals surface area contributed by atoms with Gasteiger partial charge in [-0.15, -0.1) is 0 Å². The summed E-state index contributed by atoms with van der Waals surface area (Å²) in [4.78, 5) is 24.2. The Morgan fingerprint density at radius 2 is 1.93 bits per heavy atom. The molecular formula is C24H30N2O4. The number of nitrogens with one attached hydrogen (secondary N) is 2. The second-order valence-electron chi connectivity index (χ2n) is 8.46. The number of anilines is 1. The Kier molecular flexibility index (Phi) is 6.65. The molecule has 0 aromatic heterocycles. The number of carbonyl (C=O) groups is 2. The molecule has 0 saturated carbocycles. The van der Waals surface area contributed by atoms with E-state index in [1.165, 1.54) is 5.56 Å². The van der Waals surface area contributed by atoms with E-state index in [-0.39, 0.29) is 11.9 Å². The molecule has 1 heterocycles. The molecule has 6 nitrogen and oxygen atoms in total. The van der Waals surface area contributed by atoms with Crippen molar-refractivity contribution in [2.24, 2.45) is 0 Å². The fourth-order valence-electron chi connectivity index (χ4n) is 3.41. The third-order valence-electron chi connectivity index (χ3n) is 5.11. The molecule has 0 radical (unpaired) electrons. The number of fused-ring (bicyclic) bond motifs is 1. The summed E-state index contributed by atoms with van der Waals surface area (Å²) in [5, 5.41) is 5.75. The number of carbonyl (C=O) groups excluding carboxylic acids is 2. The maximum absolute atomic E-state index is 12.4. The van der Waals surface area contributed by atoms with Crippen LogP contribution in [0, 0.1) is 0 Å². The fraction of sp³-hybridized carbons (Fsp3) is 0.417. The number of aryl methyl sites for hydroxylation is 1. The van der Waals surface area contributed by atoms with Crippen molar-refractivity contribution in [3.05, 3.63) is 59.7 Å². The van der Waals surface area contributed by atoms with Crippen LogP contribution in [0.3, 0.4) is 0 Å². The van der Waals surface area contributed by atoms with E-state index >= 15 is 0 Å². The Bertz CT molecular complexity index is 895. The normalized spacial score (nSPS) is 16.7. The third-order valence-corrected chi connectivity index (χ3v) is 5.11. The molecular weight excluding hydrogens is 380 g/mol. The summed E-state index contributed by atoms with van der Waals surface area (Å²) in [6.45, 7) is 7.49. The van der Waals surface area contributed by atoms with Gasteiger partial charge in [-0.05, 0) is 70.2 Å². The third kappa shape index (κ3) is 5.99. The average molecular weight is 411 g/mol. The monoisotopic (exact) mass is 410 g/mol. The summed E-state index contributed by atoms with van der Waals surface area (Å²) in [6.07, 6.45) is 1.27. The van der Waals surface area contributed by atoms with Crippen molar-refractivity contribution in [1.82, 2.24) is 5.32 Å². The number of hydrogen-bond donors (Lipinski definition) is 2. The number of rotatable bonds is 7. The maximum Gasteiger partial charge on any atom is 0.407 e. The van der Waals surface area contributed by atoms with Crippen molar-refractivity contribution < 1.29 is 19.1 Å². The number of alkyl carbamates (subject to hydrolysis) is 1. The van der Waals surface area contributed by atoms with Crippen LogP contribution in [0.2, 0.25) is 0 Å². The van der Waals surface area contributed by atoms with Gasteiger partial charge < -0.3 is 20.1 Å². The topological polar surface area (TPSA) is 76.7 Å². The molecule has 6 heteroatoms. The van der Waals surface area contributed by atoms with E-state index in [9.17, 15) is 9.59 Å². The summed E-state index contributed by atoms with van der Waals surface area (Å²) in [6, 6.07) is 15.7. The van der Waals surface area contributed by atoms with E-state index in [0.29, 0.717) is 17.9 Å². The molecule has 0 fully saturated rings. The van der Waals surface area contributed by atoms with Crippen LogP contribution >= 0.6 is 0 Å². The molecule has 160 valence electrons. The maximum atomic E-state index is 12.4. The quantitative estimate of drug-likeness (QED) is 0.706. The van der Waals surface area contributed by atoms with Gasteiger partial charge in [-0.1, -0.05) is 36.4 Å². The van der Waals surface area contributed by atoms with Gasteiger partial charge in [-0.25, -0.2) is 4.79 Å². The van der Waals surface area contributed by atoms with Crippen LogP contribution in [0.5, 0.6) is 5.75 Å². The Balaban J connectivity index is 1.49. The molecule has 2 amide bonds. The Morgan fingerprint density at radius 3 is 2.67 bits per heavy atom. The summed E-state index contributed by atoms with van der Waals surface area (Å²) >= 11 is 0. The number of ether oxygens (including phenoxy) is 2. The van der Waals surface area contributed by atoms with Gasteiger partial charge in [0.2, 0.25) is 0 Å². The first-order chi connectivity index (χ1) is 14.2. The lowest BCUT2D eigenvalue weighted by Gasteiger charge is -2.27. The summed E-state index contributed by atoms with van der Waals surface area (Å²) in [5.41, 5.74) is 2.31. The van der Waals surface area contributed by atoms with Gasteiger partial charge in [0.15, 0.2) is 6.10 Å². The lowest BCUT2D eigenvalue weighted by atomic mass is 9.98. The van der Waals surface area contributed by atoms with Crippen molar-refractivity contribution in [1.29, 1.82) is 0 Å². The summed E-state index contributed by atoms with van der Waals surface area (Å²) in [7, 11) is 0. The van der Waals surface area contributed by atoms with Gasteiger partial charge in [-0.3, -0.25) is 4.79 Å². The summed E-state index contributed by atoms with van der Waals surface area (Å²) < 4.78 is 11.2. The van der Waals surface area contributed by atoms with Crippen molar-refractivity contribution in [3.8, 4) is 5.75 Å². The van der Waals surface area contributed by atoms with Crippen LogP contribution in [0.15, 0.2) is 48.5 Å². The predicted molar refractivity (Wildman–Crippen MR) is 117 cm³/mol. The van der Waals surface area contributed by atoms with E-state index in [4.69, 9.17) is 9.47 Å². The molecule has 2 aromatic carbocycles. The van der Waals surface area contributed by atoms with E-state index in [2.05, 4.69) is 22.8 Å². The molecule has 0 aliphatic carbocycles. The lowest BCUT2D eigenvalue weighted by Crippen LogP contribution is -2.40. The van der Waals surface area contributed by atoms with E-state index < -0.39 is 17.8 Å². The molecule has 2 aromatic rings. The first-order valence-corrected chi connectivity index (χ1v) is 10.4. The molecule has 1 aliphatic heterocycles. The largest absolute Gasteiger partial charge is 0.479 e. The van der Waals surface area contributed by atoms with Crippen molar-refractivity contribution in [2.75, 3.05) is 5.32 Å². The minimum atomic E-state index is -0.566. The first kappa shape index (κ1) is 21.7. The molecule has 2 atom stereocenters. The number of hydrogen-bond acceptors (Lipinski definition) is 4. The Labute approximate surface area is 178 Å². The highest BCUT2D eigenvalue weighted by atomic mass is 16.6. The minimum absolute atomic E-state index is 0.125. The second-order valence-corrected chi connectivity index (χ2v) is 8.46. The van der Waals surface area contributed by atoms with E-state index in [1.807, 2.05) is 57.2 Å². The van der Waals surface area contributed by atoms with Crippen LogP contribution in [-0.4, -0.2) is 29.7 Å². The van der Waals surface area contributed by atoms with Gasteiger partial charge in [0.05, 0.1) is 5.69 Å². The van der Waals surface area contributed by atoms with Gasteiger partial charge in [0.1, 0.15) is 11.4 Å². The average Bonchev–Trinajstić information content (AvgIpc) is 2.68. The highest BCUT2D eigenvalue weighted by molar-refractivity contribution is 5.97. The SMILES string of the molecule is CC(Cc1ccc2c(c1)NC(=O)C(C)O2)NC(=O)OC(C)(C)CCc1ccccc1. The van der Waals surface area contributed by atoms with E-state index in [1.54, 1.807) is 6.92 Å². The molecule has 0 bridgehead atoms. The zero-order valence-corrected chi connectivity index (χ0v) is 18.0. The molecule has 2 unspecified atom stereocenters. The van der Waals surface area contributed by atoms with Crippen LogP contribution in [0.25, 0.3) is 0 Å². The standard InChI is InChI=1S/C24H30N2O4/c1-16(14-19-10-11-21-20(15-19)26-22(27)17(2)29-21)25-23(28)30-24(3,4)13-12-18-8-6-5-7-9-18/h5-11,15-17H,12-14H2,1-4H3,(H,25,28)(H,26,27). The van der Waals surface area contributed by atoms with Crippen LogP contribution in [0.4, 0.5) is 10.5 Å². The van der Waals surface area contributed by atoms with Gasteiger partial charge >= 0.3 is 6.09 Å². The van der Waals surface area contributed by atoms with Crippen LogP contribution < -0.4 is 15.4 Å². The molecule has 0 saturated heterocycles.